The van der Waals surface area contributed by atoms with Gasteiger partial charge in [-0.1, -0.05) is 0 Å². The Bertz CT molecular complexity index is 1200. The third-order valence-corrected chi connectivity index (χ3v) is 5.73. The van der Waals surface area contributed by atoms with E-state index in [-0.39, 0.29) is 11.5 Å². The highest BCUT2D eigenvalue weighted by Crippen LogP contribution is 2.40. The molecule has 0 bridgehead atoms. The number of rotatable bonds is 5. The summed E-state index contributed by atoms with van der Waals surface area (Å²) in [5.74, 6) is 1.83. The van der Waals surface area contributed by atoms with Crippen molar-refractivity contribution in [2.75, 3.05) is 27.4 Å². The Kier molecular flexibility index (Phi) is 5.59. The van der Waals surface area contributed by atoms with E-state index < -0.39 is 6.04 Å². The number of pyridine rings is 1. The van der Waals surface area contributed by atoms with E-state index >= 15 is 0 Å². The minimum Gasteiger partial charge on any atom is -0.494 e. The lowest BCUT2D eigenvalue weighted by atomic mass is 9.87. The predicted octanol–water partition coefficient (Wildman–Crippen LogP) is 3.44. The lowest BCUT2D eigenvalue weighted by molar-refractivity contribution is -0.130. The molecule has 2 heterocycles. The van der Waals surface area contributed by atoms with Crippen LogP contribution >= 0.6 is 0 Å². The molecule has 0 fully saturated rings. The molecule has 0 unspecified atom stereocenters. The number of methoxy groups -OCH3 is 2. The van der Waals surface area contributed by atoms with E-state index in [1.54, 1.807) is 19.1 Å². The first kappa shape index (κ1) is 20.8. The maximum absolute atomic E-state index is 13.1. The largest absolute Gasteiger partial charge is 0.494 e. The van der Waals surface area contributed by atoms with Crippen molar-refractivity contribution < 1.29 is 19.0 Å². The molecule has 0 saturated heterocycles. The normalized spacial score (nSPS) is 15.5. The first-order chi connectivity index (χ1) is 15.0. The Morgan fingerprint density at radius 3 is 2.52 bits per heavy atom. The number of amides is 1. The van der Waals surface area contributed by atoms with E-state index in [2.05, 4.69) is 4.98 Å². The summed E-state index contributed by atoms with van der Waals surface area (Å²) in [5.41, 5.74) is 2.89. The third-order valence-electron chi connectivity index (χ3n) is 5.73. The predicted molar refractivity (Wildman–Crippen MR) is 118 cm³/mol. The molecule has 1 atom stereocenters. The van der Waals surface area contributed by atoms with Gasteiger partial charge in [-0.05, 0) is 60.9 Å². The van der Waals surface area contributed by atoms with Gasteiger partial charge in [0.05, 0.1) is 26.9 Å². The van der Waals surface area contributed by atoms with Gasteiger partial charge in [0, 0.05) is 29.9 Å². The highest BCUT2D eigenvalue weighted by atomic mass is 16.5. The third kappa shape index (κ3) is 3.71. The Labute approximate surface area is 180 Å². The zero-order chi connectivity index (χ0) is 22.1. The van der Waals surface area contributed by atoms with E-state index in [9.17, 15) is 9.59 Å². The number of aromatic amines is 1. The maximum atomic E-state index is 13.1. The molecular weight excluding hydrogens is 396 g/mol. The molecule has 1 amide bonds. The second kappa shape index (κ2) is 8.34. The lowest BCUT2D eigenvalue weighted by Crippen LogP contribution is -2.41. The minimum atomic E-state index is -0.523. The molecule has 31 heavy (non-hydrogen) atoms. The first-order valence-corrected chi connectivity index (χ1v) is 10.3. The van der Waals surface area contributed by atoms with Crippen molar-refractivity contribution in [1.82, 2.24) is 9.88 Å². The number of fused-ring (bicyclic) bond motifs is 2. The molecule has 1 aliphatic heterocycles. The van der Waals surface area contributed by atoms with Crippen LogP contribution in [-0.2, 0) is 11.2 Å². The standard InChI is InChI=1S/C24H26N2O5/c1-5-31-17-6-7-20-16(10-17)11-19(24(28)25-20)23-18-13-22(30-4)21(29-3)12-15(18)8-9-26(23)14(2)27/h6-7,10-13,23H,5,8-9H2,1-4H3,(H,25,28)/t23-/m0/s1. The van der Waals surface area contributed by atoms with E-state index in [0.717, 1.165) is 27.8 Å². The average Bonchev–Trinajstić information content (AvgIpc) is 2.77. The Balaban J connectivity index is 1.94. The van der Waals surface area contributed by atoms with Crippen LogP contribution in [0.1, 0.15) is 36.6 Å². The summed E-state index contributed by atoms with van der Waals surface area (Å²) in [6.07, 6.45) is 0.672. The highest BCUT2D eigenvalue weighted by molar-refractivity contribution is 5.81. The fraction of sp³-hybridized carbons (Fsp3) is 0.333. The van der Waals surface area contributed by atoms with E-state index in [4.69, 9.17) is 14.2 Å². The van der Waals surface area contributed by atoms with Gasteiger partial charge in [-0.15, -0.1) is 0 Å². The topological polar surface area (TPSA) is 80.9 Å². The van der Waals surface area contributed by atoms with Gasteiger partial charge >= 0.3 is 0 Å². The second-order valence-corrected chi connectivity index (χ2v) is 7.51. The van der Waals surface area contributed by atoms with Crippen molar-refractivity contribution in [2.24, 2.45) is 0 Å². The van der Waals surface area contributed by atoms with Crippen LogP contribution < -0.4 is 19.8 Å². The monoisotopic (exact) mass is 422 g/mol. The molecule has 0 aliphatic carbocycles. The van der Waals surface area contributed by atoms with Crippen molar-refractivity contribution >= 4 is 16.8 Å². The Morgan fingerprint density at radius 2 is 1.84 bits per heavy atom. The molecule has 0 spiro atoms. The summed E-state index contributed by atoms with van der Waals surface area (Å²) in [6.45, 7) is 4.52. The quantitative estimate of drug-likeness (QED) is 0.681. The van der Waals surface area contributed by atoms with Crippen LogP contribution in [0.3, 0.4) is 0 Å². The van der Waals surface area contributed by atoms with Crippen LogP contribution in [0.25, 0.3) is 10.9 Å². The number of nitrogens with one attached hydrogen (secondary N) is 1. The fourth-order valence-electron chi connectivity index (χ4n) is 4.28. The number of ether oxygens (including phenoxy) is 3. The molecular formula is C24H26N2O5. The Morgan fingerprint density at radius 1 is 1.10 bits per heavy atom. The zero-order valence-corrected chi connectivity index (χ0v) is 18.2. The van der Waals surface area contributed by atoms with Crippen LogP contribution in [0.4, 0.5) is 0 Å². The summed E-state index contributed by atoms with van der Waals surface area (Å²) in [4.78, 5) is 30.3. The molecule has 0 radical (unpaired) electrons. The first-order valence-electron chi connectivity index (χ1n) is 10.3. The highest BCUT2D eigenvalue weighted by Gasteiger charge is 2.33. The van der Waals surface area contributed by atoms with Gasteiger partial charge in [-0.3, -0.25) is 9.59 Å². The number of hydrogen-bond acceptors (Lipinski definition) is 5. The summed E-state index contributed by atoms with van der Waals surface area (Å²) >= 11 is 0. The van der Waals surface area contributed by atoms with Gasteiger partial charge in [-0.25, -0.2) is 0 Å². The SMILES string of the molecule is CCOc1ccc2[nH]c(=O)c([C@@H]3c4cc(OC)c(OC)cc4CCN3C(C)=O)cc2c1. The molecule has 3 aromatic rings. The summed E-state index contributed by atoms with van der Waals surface area (Å²) in [5, 5.41) is 0.844. The summed E-state index contributed by atoms with van der Waals surface area (Å²) in [7, 11) is 3.17. The number of carbonyl (C=O) groups is 1. The molecule has 1 aliphatic rings. The number of aromatic nitrogens is 1. The number of nitrogens with zero attached hydrogens (tertiary/aromatic N) is 1. The number of carbonyl (C=O) groups excluding carboxylic acids is 1. The van der Waals surface area contributed by atoms with Gasteiger partial charge in [0.2, 0.25) is 5.91 Å². The van der Waals surface area contributed by atoms with Crippen LogP contribution in [-0.4, -0.2) is 43.2 Å². The van der Waals surface area contributed by atoms with Crippen molar-refractivity contribution in [2.45, 2.75) is 26.3 Å². The van der Waals surface area contributed by atoms with Crippen LogP contribution in [0.5, 0.6) is 17.2 Å². The van der Waals surface area contributed by atoms with Gasteiger partial charge in [0.1, 0.15) is 5.75 Å². The van der Waals surface area contributed by atoms with Crippen molar-refractivity contribution in [1.29, 1.82) is 0 Å². The van der Waals surface area contributed by atoms with Gasteiger partial charge in [0.15, 0.2) is 11.5 Å². The average molecular weight is 422 g/mol. The number of hydrogen-bond donors (Lipinski definition) is 1. The van der Waals surface area contributed by atoms with Crippen molar-refractivity contribution in [3.8, 4) is 17.2 Å². The van der Waals surface area contributed by atoms with E-state index in [1.807, 2.05) is 43.3 Å². The molecule has 0 saturated carbocycles. The molecule has 7 nitrogen and oxygen atoms in total. The lowest BCUT2D eigenvalue weighted by Gasteiger charge is -2.37. The fourth-order valence-corrected chi connectivity index (χ4v) is 4.28. The Hall–Kier alpha value is -3.48. The van der Waals surface area contributed by atoms with Gasteiger partial charge in [-0.2, -0.15) is 0 Å². The minimum absolute atomic E-state index is 0.0898. The molecule has 7 heteroatoms. The van der Waals surface area contributed by atoms with Gasteiger partial charge < -0.3 is 24.1 Å². The zero-order valence-electron chi connectivity index (χ0n) is 18.2. The summed E-state index contributed by atoms with van der Waals surface area (Å²) < 4.78 is 16.6. The van der Waals surface area contributed by atoms with Gasteiger partial charge in [0.25, 0.3) is 5.56 Å². The molecule has 4 rings (SSSR count). The number of H-pyrrole nitrogens is 1. The molecule has 1 N–H and O–H groups in total. The van der Waals surface area contributed by atoms with Crippen LogP contribution in [0.15, 0.2) is 41.2 Å². The van der Waals surface area contributed by atoms with Crippen LogP contribution in [0.2, 0.25) is 0 Å². The molecule has 1 aromatic heterocycles. The van der Waals surface area contributed by atoms with E-state index in [0.29, 0.717) is 36.6 Å². The molecule has 2 aromatic carbocycles. The number of benzene rings is 2. The molecule has 162 valence electrons. The van der Waals surface area contributed by atoms with Crippen LogP contribution in [0, 0.1) is 0 Å². The smallest absolute Gasteiger partial charge is 0.254 e. The maximum Gasteiger partial charge on any atom is 0.254 e. The van der Waals surface area contributed by atoms with E-state index in [1.165, 1.54) is 6.92 Å². The van der Waals surface area contributed by atoms with Crippen molar-refractivity contribution in [3.05, 3.63) is 63.4 Å². The van der Waals surface area contributed by atoms with Crippen molar-refractivity contribution in [3.63, 3.8) is 0 Å². The summed E-state index contributed by atoms with van der Waals surface area (Å²) in [6, 6.07) is 10.7. The second-order valence-electron chi connectivity index (χ2n) is 7.51.